The van der Waals surface area contributed by atoms with Crippen LogP contribution in [-0.4, -0.2) is 22.7 Å². The highest BCUT2D eigenvalue weighted by atomic mass is 16.5. The number of aromatic nitrogens is 1. The molecular formula is C21H19N3O3. The van der Waals surface area contributed by atoms with Crippen LogP contribution >= 0.6 is 0 Å². The molecule has 1 aromatic heterocycles. The molecule has 2 aliphatic rings. The minimum atomic E-state index is -0.314. The average Bonchev–Trinajstić information content (AvgIpc) is 3.03. The molecule has 4 rings (SSSR count). The van der Waals surface area contributed by atoms with Crippen molar-refractivity contribution in [1.82, 2.24) is 10.5 Å². The van der Waals surface area contributed by atoms with Gasteiger partial charge in [-0.05, 0) is 35.8 Å². The summed E-state index contributed by atoms with van der Waals surface area (Å²) in [6.45, 7) is 4.12. The Hall–Kier alpha value is -3.28. The lowest BCUT2D eigenvalue weighted by Crippen LogP contribution is -2.34. The largest absolute Gasteiger partial charge is 0.356 e. The number of amides is 2. The summed E-state index contributed by atoms with van der Waals surface area (Å²) in [5.41, 5.74) is 3.55. The lowest BCUT2D eigenvalue weighted by molar-refractivity contribution is -0.117. The van der Waals surface area contributed by atoms with Gasteiger partial charge in [0.2, 0.25) is 5.91 Å². The van der Waals surface area contributed by atoms with Crippen molar-refractivity contribution in [2.45, 2.75) is 20.3 Å². The highest BCUT2D eigenvalue weighted by molar-refractivity contribution is 6.11. The second-order valence-electron chi connectivity index (χ2n) is 6.96. The summed E-state index contributed by atoms with van der Waals surface area (Å²) >= 11 is 0. The normalized spacial score (nSPS) is 20.5. The maximum atomic E-state index is 12.4. The van der Waals surface area contributed by atoms with Gasteiger partial charge in [0.15, 0.2) is 5.58 Å². The average molecular weight is 361 g/mol. The van der Waals surface area contributed by atoms with Crippen molar-refractivity contribution >= 4 is 28.5 Å². The quantitative estimate of drug-likeness (QED) is 0.910. The number of carbonyl (C=O) groups excluding carboxylic acids is 2. The Morgan fingerprint density at radius 3 is 2.93 bits per heavy atom. The second-order valence-corrected chi connectivity index (χ2v) is 6.96. The molecule has 0 saturated heterocycles. The Labute approximate surface area is 156 Å². The van der Waals surface area contributed by atoms with E-state index in [1.807, 2.05) is 36.4 Å². The summed E-state index contributed by atoms with van der Waals surface area (Å²) in [4.78, 5) is 28.5. The van der Waals surface area contributed by atoms with E-state index in [1.165, 1.54) is 0 Å². The zero-order valence-electron chi connectivity index (χ0n) is 15.1. The Bertz CT molecular complexity index is 1050. The van der Waals surface area contributed by atoms with Gasteiger partial charge in [0, 0.05) is 23.1 Å². The summed E-state index contributed by atoms with van der Waals surface area (Å²) in [6, 6.07) is 7.40. The van der Waals surface area contributed by atoms with E-state index in [0.717, 1.165) is 16.7 Å². The number of hydrogen-bond donors (Lipinski definition) is 1. The molecule has 2 heterocycles. The number of fused-ring (bicyclic) bond motifs is 2. The van der Waals surface area contributed by atoms with Crippen LogP contribution in [0.2, 0.25) is 0 Å². The summed E-state index contributed by atoms with van der Waals surface area (Å²) in [5, 5.41) is 7.64. The van der Waals surface area contributed by atoms with Gasteiger partial charge in [-0.3, -0.25) is 9.59 Å². The van der Waals surface area contributed by atoms with Crippen LogP contribution in [0.25, 0.3) is 11.0 Å². The third kappa shape index (κ3) is 3.38. The Balaban J connectivity index is 1.55. The zero-order chi connectivity index (χ0) is 19.0. The van der Waals surface area contributed by atoms with Gasteiger partial charge in [0.05, 0.1) is 12.1 Å². The van der Waals surface area contributed by atoms with Crippen LogP contribution in [-0.2, 0) is 16.0 Å². The molecule has 6 heteroatoms. The molecule has 27 heavy (non-hydrogen) atoms. The van der Waals surface area contributed by atoms with Crippen molar-refractivity contribution in [3.63, 3.8) is 0 Å². The van der Waals surface area contributed by atoms with E-state index in [9.17, 15) is 9.59 Å². The first-order valence-corrected chi connectivity index (χ1v) is 8.88. The van der Waals surface area contributed by atoms with Gasteiger partial charge in [-0.2, -0.15) is 0 Å². The van der Waals surface area contributed by atoms with Crippen molar-refractivity contribution in [2.75, 3.05) is 0 Å². The molecule has 0 saturated carbocycles. The van der Waals surface area contributed by atoms with Crippen molar-refractivity contribution in [2.24, 2.45) is 16.8 Å². The second kappa shape index (κ2) is 6.79. The first kappa shape index (κ1) is 17.1. The maximum absolute atomic E-state index is 12.4. The summed E-state index contributed by atoms with van der Waals surface area (Å²) in [7, 11) is 0. The minimum Gasteiger partial charge on any atom is -0.356 e. The predicted molar refractivity (Wildman–Crippen MR) is 102 cm³/mol. The highest BCUT2D eigenvalue weighted by Gasteiger charge is 2.27. The van der Waals surface area contributed by atoms with E-state index >= 15 is 0 Å². The SMILES string of the molecule is CC(C)C1=CC(=O)NC2=CC(=NC(=O)Cc3noc4ccccc34)C=CC21. The van der Waals surface area contributed by atoms with E-state index in [1.54, 1.807) is 12.2 Å². The Kier molecular flexibility index (Phi) is 4.32. The Morgan fingerprint density at radius 1 is 1.30 bits per heavy atom. The molecule has 1 atom stereocenters. The molecule has 6 nitrogen and oxygen atoms in total. The fourth-order valence-corrected chi connectivity index (χ4v) is 3.41. The first-order chi connectivity index (χ1) is 13.0. The van der Waals surface area contributed by atoms with Crippen LogP contribution in [0.1, 0.15) is 19.5 Å². The van der Waals surface area contributed by atoms with Crippen molar-refractivity contribution in [3.05, 3.63) is 65.5 Å². The topological polar surface area (TPSA) is 84.6 Å². The fraction of sp³-hybridized carbons (Fsp3) is 0.238. The van der Waals surface area contributed by atoms with Gasteiger partial charge in [0.25, 0.3) is 5.91 Å². The van der Waals surface area contributed by atoms with Crippen LogP contribution in [0, 0.1) is 11.8 Å². The van der Waals surface area contributed by atoms with E-state index in [4.69, 9.17) is 4.52 Å². The number of benzene rings is 1. The number of allylic oxidation sites excluding steroid dienone is 3. The third-order valence-corrected chi connectivity index (χ3v) is 4.71. The molecule has 136 valence electrons. The number of hydrogen-bond acceptors (Lipinski definition) is 4. The number of para-hydroxylation sites is 1. The summed E-state index contributed by atoms with van der Waals surface area (Å²) in [6.07, 6.45) is 7.26. The molecule has 2 aromatic rings. The smallest absolute Gasteiger partial charge is 0.252 e. The molecule has 1 aromatic carbocycles. The molecule has 0 bridgehead atoms. The number of nitrogens with zero attached hydrogens (tertiary/aromatic N) is 2. The van der Waals surface area contributed by atoms with Gasteiger partial charge < -0.3 is 9.84 Å². The van der Waals surface area contributed by atoms with E-state index < -0.39 is 0 Å². The lowest BCUT2D eigenvalue weighted by atomic mass is 9.82. The highest BCUT2D eigenvalue weighted by Crippen LogP contribution is 2.31. The number of aliphatic imine (C=N–C) groups is 1. The zero-order valence-corrected chi connectivity index (χ0v) is 15.1. The third-order valence-electron chi connectivity index (χ3n) is 4.71. The van der Waals surface area contributed by atoms with Gasteiger partial charge in [-0.15, -0.1) is 0 Å². The fourth-order valence-electron chi connectivity index (χ4n) is 3.41. The van der Waals surface area contributed by atoms with E-state index in [0.29, 0.717) is 17.0 Å². The molecular weight excluding hydrogens is 342 g/mol. The molecule has 1 aliphatic heterocycles. The van der Waals surface area contributed by atoms with Crippen LogP contribution < -0.4 is 5.32 Å². The van der Waals surface area contributed by atoms with Gasteiger partial charge in [-0.25, -0.2) is 4.99 Å². The molecule has 0 radical (unpaired) electrons. The van der Waals surface area contributed by atoms with Crippen LogP contribution in [0.3, 0.4) is 0 Å². The van der Waals surface area contributed by atoms with Crippen molar-refractivity contribution in [3.8, 4) is 0 Å². The molecule has 0 spiro atoms. The molecule has 1 N–H and O–H groups in total. The molecule has 0 fully saturated rings. The first-order valence-electron chi connectivity index (χ1n) is 8.88. The standard InChI is InChI=1S/C21H19N3O3/c1-12(2)16-10-20(25)23-17-9-13(7-8-14(16)17)22-21(26)11-18-15-5-3-4-6-19(15)27-24-18/h3-10,12,14H,11H2,1-2H3,(H,23,25). The lowest BCUT2D eigenvalue weighted by Gasteiger charge is -2.29. The van der Waals surface area contributed by atoms with Crippen LogP contribution in [0.5, 0.6) is 0 Å². The predicted octanol–water partition coefficient (Wildman–Crippen LogP) is 3.12. The number of rotatable bonds is 3. The minimum absolute atomic E-state index is 0.0243. The van der Waals surface area contributed by atoms with Gasteiger partial charge >= 0.3 is 0 Å². The number of nitrogens with one attached hydrogen (secondary N) is 1. The number of carbonyl (C=O) groups is 2. The van der Waals surface area contributed by atoms with Crippen LogP contribution in [0.4, 0.5) is 0 Å². The molecule has 1 aliphatic carbocycles. The van der Waals surface area contributed by atoms with E-state index in [2.05, 4.69) is 29.3 Å². The maximum Gasteiger partial charge on any atom is 0.252 e. The Morgan fingerprint density at radius 2 is 2.11 bits per heavy atom. The van der Waals surface area contributed by atoms with Gasteiger partial charge in [-0.1, -0.05) is 37.2 Å². The summed E-state index contributed by atoms with van der Waals surface area (Å²) < 4.78 is 5.23. The molecule has 2 amide bonds. The van der Waals surface area contributed by atoms with Crippen molar-refractivity contribution in [1.29, 1.82) is 0 Å². The van der Waals surface area contributed by atoms with Crippen molar-refractivity contribution < 1.29 is 14.1 Å². The van der Waals surface area contributed by atoms with Gasteiger partial charge in [0.1, 0.15) is 5.69 Å². The summed E-state index contributed by atoms with van der Waals surface area (Å²) in [5.74, 6) is -0.173. The van der Waals surface area contributed by atoms with Crippen LogP contribution in [0.15, 0.2) is 69.4 Å². The molecule has 1 unspecified atom stereocenters. The van der Waals surface area contributed by atoms with E-state index in [-0.39, 0.29) is 30.1 Å². The monoisotopic (exact) mass is 361 g/mol.